The average molecular weight is 401 g/mol. The summed E-state index contributed by atoms with van der Waals surface area (Å²) in [4.78, 5) is 19.2. The van der Waals surface area contributed by atoms with Crippen molar-refractivity contribution in [3.05, 3.63) is 48.0 Å². The third kappa shape index (κ3) is 2.82. The Hall–Kier alpha value is -3.16. The average Bonchev–Trinajstić information content (AvgIpc) is 2.90. The molecule has 2 aromatic rings. The maximum Gasteiger partial charge on any atom is 0.387 e. The summed E-state index contributed by atoms with van der Waals surface area (Å²) in [6.45, 7) is 1.21. The molecule has 2 aliphatic heterocycles. The molecule has 6 nitrogen and oxygen atoms in total. The lowest BCUT2D eigenvalue weighted by molar-refractivity contribution is -0.137. The number of likely N-dealkylation sites (N-methyl/N-ethyl adjacent to an activating group) is 1. The number of carbonyl (C=O) groups is 1. The molecule has 152 valence electrons. The Morgan fingerprint density at radius 3 is 2.59 bits per heavy atom. The number of halogens is 2. The smallest absolute Gasteiger partial charge is 0.387 e. The summed E-state index contributed by atoms with van der Waals surface area (Å²) < 4.78 is 35.6. The van der Waals surface area contributed by atoms with Gasteiger partial charge in [-0.3, -0.25) is 9.69 Å². The van der Waals surface area contributed by atoms with Crippen molar-refractivity contribution in [3.8, 4) is 22.6 Å². The second-order valence-corrected chi connectivity index (χ2v) is 7.83. The molecular formula is C21H21F2N3O3. The summed E-state index contributed by atoms with van der Waals surface area (Å²) in [5, 5.41) is 0. The molecule has 4 rings (SSSR count). The number of nitrogens with two attached hydrogens (primary N) is 1. The number of nitrogens with zero attached hydrogens (tertiary/aromatic N) is 2. The molecule has 0 bridgehead atoms. The molecule has 0 saturated carbocycles. The molecule has 1 amide bonds. The Bertz CT molecular complexity index is 1020. The largest absolute Gasteiger partial charge is 0.493 e. The molecule has 2 aliphatic rings. The van der Waals surface area contributed by atoms with Crippen LogP contribution >= 0.6 is 0 Å². The molecule has 2 aromatic carbocycles. The Morgan fingerprint density at radius 2 is 1.93 bits per heavy atom. The van der Waals surface area contributed by atoms with Gasteiger partial charge in [-0.25, -0.2) is 4.99 Å². The molecule has 1 unspecified atom stereocenters. The van der Waals surface area contributed by atoms with Gasteiger partial charge in [-0.05, 0) is 35.4 Å². The molecule has 0 aliphatic carbocycles. The van der Waals surface area contributed by atoms with E-state index in [1.54, 1.807) is 25.2 Å². The maximum absolute atomic E-state index is 13.3. The number of ether oxygens (including phenoxy) is 2. The minimum atomic E-state index is -2.91. The Morgan fingerprint density at radius 1 is 1.21 bits per heavy atom. The van der Waals surface area contributed by atoms with Crippen LogP contribution in [0.5, 0.6) is 11.5 Å². The molecule has 8 heteroatoms. The summed E-state index contributed by atoms with van der Waals surface area (Å²) >= 11 is 0. The van der Waals surface area contributed by atoms with E-state index in [0.29, 0.717) is 23.5 Å². The predicted molar refractivity (Wildman–Crippen MR) is 104 cm³/mol. The second-order valence-electron chi connectivity index (χ2n) is 7.83. The van der Waals surface area contributed by atoms with Crippen molar-refractivity contribution in [1.29, 1.82) is 0 Å². The summed E-state index contributed by atoms with van der Waals surface area (Å²) in [6.07, 6.45) is 0. The lowest BCUT2D eigenvalue weighted by Crippen LogP contribution is -2.53. The molecule has 0 fully saturated rings. The van der Waals surface area contributed by atoms with Crippen molar-refractivity contribution in [2.24, 2.45) is 16.1 Å². The zero-order chi connectivity index (χ0) is 21.0. The van der Waals surface area contributed by atoms with E-state index in [1.807, 2.05) is 26.0 Å². The number of guanidine groups is 1. The number of hydrogen-bond donors (Lipinski definition) is 1. The van der Waals surface area contributed by atoms with Crippen LogP contribution in [0.3, 0.4) is 0 Å². The van der Waals surface area contributed by atoms with Gasteiger partial charge in [-0.1, -0.05) is 32.0 Å². The first-order chi connectivity index (χ1) is 13.7. The van der Waals surface area contributed by atoms with Crippen molar-refractivity contribution in [1.82, 2.24) is 4.90 Å². The van der Waals surface area contributed by atoms with Crippen LogP contribution in [0.4, 0.5) is 8.78 Å². The van der Waals surface area contributed by atoms with Crippen molar-refractivity contribution in [2.45, 2.75) is 26.0 Å². The second kappa shape index (κ2) is 6.43. The Balaban J connectivity index is 1.87. The normalized spacial score (nSPS) is 22.5. The monoisotopic (exact) mass is 401 g/mol. The zero-order valence-electron chi connectivity index (χ0n) is 16.3. The van der Waals surface area contributed by atoms with Gasteiger partial charge in [0.1, 0.15) is 11.5 Å². The summed E-state index contributed by atoms with van der Waals surface area (Å²) in [7, 11) is 1.59. The number of carbonyl (C=O) groups excluding carboxylic acids is 1. The van der Waals surface area contributed by atoms with Crippen LogP contribution in [0.1, 0.15) is 19.4 Å². The fourth-order valence-electron chi connectivity index (χ4n) is 3.95. The van der Waals surface area contributed by atoms with E-state index >= 15 is 0 Å². The number of alkyl halides is 2. The van der Waals surface area contributed by atoms with Crippen LogP contribution in [-0.4, -0.2) is 37.0 Å². The van der Waals surface area contributed by atoms with Crippen LogP contribution < -0.4 is 15.2 Å². The number of fused-ring (bicyclic) bond motifs is 2. The number of benzene rings is 2. The van der Waals surface area contributed by atoms with E-state index in [4.69, 9.17) is 10.5 Å². The third-order valence-corrected chi connectivity index (χ3v) is 5.57. The molecule has 1 atom stereocenters. The summed E-state index contributed by atoms with van der Waals surface area (Å²) in [5.41, 5.74) is 6.12. The van der Waals surface area contributed by atoms with Gasteiger partial charge in [0.15, 0.2) is 11.5 Å². The Kier molecular flexibility index (Phi) is 4.25. The highest BCUT2D eigenvalue weighted by Crippen LogP contribution is 2.53. The van der Waals surface area contributed by atoms with Crippen molar-refractivity contribution in [2.75, 3.05) is 13.7 Å². The highest BCUT2D eigenvalue weighted by Gasteiger charge is 2.61. The van der Waals surface area contributed by atoms with Crippen LogP contribution in [0.2, 0.25) is 0 Å². The Labute approximate surface area is 166 Å². The van der Waals surface area contributed by atoms with Crippen molar-refractivity contribution in [3.63, 3.8) is 0 Å². The number of amides is 1. The molecule has 1 spiro atoms. The molecule has 29 heavy (non-hydrogen) atoms. The molecule has 2 heterocycles. The zero-order valence-corrected chi connectivity index (χ0v) is 16.3. The summed E-state index contributed by atoms with van der Waals surface area (Å²) in [5.74, 6) is 0.527. The van der Waals surface area contributed by atoms with Crippen LogP contribution in [-0.2, 0) is 10.3 Å². The molecule has 0 radical (unpaired) electrons. The van der Waals surface area contributed by atoms with Gasteiger partial charge in [0, 0.05) is 18.0 Å². The van der Waals surface area contributed by atoms with E-state index < -0.39 is 17.6 Å². The van der Waals surface area contributed by atoms with Gasteiger partial charge >= 0.3 is 6.61 Å². The van der Waals surface area contributed by atoms with Crippen molar-refractivity contribution >= 4 is 11.9 Å². The van der Waals surface area contributed by atoms with Crippen molar-refractivity contribution < 1.29 is 23.0 Å². The molecule has 0 aromatic heterocycles. The third-order valence-electron chi connectivity index (χ3n) is 5.57. The van der Waals surface area contributed by atoms with Crippen LogP contribution in [0.15, 0.2) is 47.5 Å². The predicted octanol–water partition coefficient (Wildman–Crippen LogP) is 3.36. The highest BCUT2D eigenvalue weighted by molar-refractivity contribution is 6.08. The molecular weight excluding hydrogens is 380 g/mol. The van der Waals surface area contributed by atoms with E-state index in [1.165, 1.54) is 17.0 Å². The van der Waals surface area contributed by atoms with Gasteiger partial charge in [0.25, 0.3) is 5.91 Å². The number of hydrogen-bond acceptors (Lipinski definition) is 5. The topological polar surface area (TPSA) is 77.2 Å². The number of aliphatic imine (C=N–C) groups is 1. The van der Waals surface area contributed by atoms with Gasteiger partial charge in [-0.15, -0.1) is 0 Å². The molecule has 0 saturated heterocycles. The first-order valence-corrected chi connectivity index (χ1v) is 9.12. The first kappa shape index (κ1) is 19.2. The maximum atomic E-state index is 13.3. The quantitative estimate of drug-likeness (QED) is 0.856. The number of rotatable bonds is 3. The van der Waals surface area contributed by atoms with E-state index in [0.717, 1.165) is 5.56 Å². The van der Waals surface area contributed by atoms with E-state index in [2.05, 4.69) is 9.73 Å². The van der Waals surface area contributed by atoms with Gasteiger partial charge in [-0.2, -0.15) is 8.78 Å². The van der Waals surface area contributed by atoms with E-state index in [9.17, 15) is 13.6 Å². The highest BCUT2D eigenvalue weighted by atomic mass is 19.3. The van der Waals surface area contributed by atoms with Gasteiger partial charge in [0.05, 0.1) is 6.61 Å². The van der Waals surface area contributed by atoms with Crippen LogP contribution in [0.25, 0.3) is 11.1 Å². The lowest BCUT2D eigenvalue weighted by atomic mass is 9.66. The fraction of sp³-hybridized carbons (Fsp3) is 0.333. The fourth-order valence-corrected chi connectivity index (χ4v) is 3.95. The summed E-state index contributed by atoms with van der Waals surface area (Å²) in [6, 6.07) is 11.8. The van der Waals surface area contributed by atoms with Gasteiger partial charge in [0.2, 0.25) is 0 Å². The minimum Gasteiger partial charge on any atom is -0.493 e. The SMILES string of the molecule is CN1C(=O)C2(N=C1N)c1cc(-c3cccc(OC(F)F)c3)ccc1OCC2(C)C. The molecule has 2 N–H and O–H groups in total. The van der Waals surface area contributed by atoms with Gasteiger partial charge < -0.3 is 15.2 Å². The van der Waals surface area contributed by atoms with Crippen LogP contribution in [0, 0.1) is 5.41 Å². The standard InChI is InChI=1S/C21H21F2N3O3/c1-20(2)11-28-16-8-7-13(12-5-4-6-14(9-12)29-18(22)23)10-15(16)21(20)17(27)26(3)19(24)25-21/h4-10,18H,11H2,1-3H3,(H2,24,25). The first-order valence-electron chi connectivity index (χ1n) is 9.12. The van der Waals surface area contributed by atoms with E-state index in [-0.39, 0.29) is 17.6 Å². The minimum absolute atomic E-state index is 0.0560. The lowest BCUT2D eigenvalue weighted by Gasteiger charge is -2.44.